The zero-order valence-electron chi connectivity index (χ0n) is 6.13. The van der Waals surface area contributed by atoms with Gasteiger partial charge in [-0.25, -0.2) is 0 Å². The molecule has 1 rings (SSSR count). The molecule has 0 N–H and O–H groups in total. The number of rotatable bonds is 3. The van der Waals surface area contributed by atoms with E-state index in [-0.39, 0.29) is 5.97 Å². The van der Waals surface area contributed by atoms with Gasteiger partial charge in [-0.15, -0.1) is 0 Å². The Morgan fingerprint density at radius 2 is 2.60 bits per heavy atom. The monoisotopic (exact) mass is 160 g/mol. The Balaban J connectivity index is 2.12. The fourth-order valence-corrected chi connectivity index (χ4v) is 1.60. The summed E-state index contributed by atoms with van der Waals surface area (Å²) < 4.78 is 4.81. The molecule has 0 saturated carbocycles. The van der Waals surface area contributed by atoms with Crippen LogP contribution >= 0.6 is 11.8 Å². The lowest BCUT2D eigenvalue weighted by molar-refractivity contribution is -0.137. The van der Waals surface area contributed by atoms with E-state index >= 15 is 0 Å². The van der Waals surface area contributed by atoms with Crippen LogP contribution < -0.4 is 0 Å². The van der Waals surface area contributed by atoms with Crippen molar-refractivity contribution in [1.82, 2.24) is 0 Å². The van der Waals surface area contributed by atoms with Gasteiger partial charge in [0.1, 0.15) is 0 Å². The number of carbonyl (C=O) groups excluding carboxylic acids is 1. The third-order valence-electron chi connectivity index (χ3n) is 1.67. The molecule has 1 fully saturated rings. The first kappa shape index (κ1) is 7.92. The predicted octanol–water partition coefficient (Wildman–Crippen LogP) is 1.30. The minimum Gasteiger partial charge on any atom is -0.465 e. The summed E-state index contributed by atoms with van der Waals surface area (Å²) in [5.41, 5.74) is 0. The van der Waals surface area contributed by atoms with E-state index in [1.807, 2.05) is 11.8 Å². The highest BCUT2D eigenvalue weighted by Crippen LogP contribution is 2.18. The van der Waals surface area contributed by atoms with Gasteiger partial charge in [-0.2, -0.15) is 11.8 Å². The van der Waals surface area contributed by atoms with Gasteiger partial charge in [-0.05, 0) is 18.4 Å². The first-order valence-corrected chi connectivity index (χ1v) is 4.87. The van der Waals surface area contributed by atoms with Crippen molar-refractivity contribution in [1.29, 1.82) is 0 Å². The van der Waals surface area contributed by atoms with E-state index in [1.165, 1.54) is 0 Å². The highest BCUT2D eigenvalue weighted by molar-refractivity contribution is 7.98. The summed E-state index contributed by atoms with van der Waals surface area (Å²) in [7, 11) is 0. The first-order valence-electron chi connectivity index (χ1n) is 3.47. The molecule has 0 amide bonds. The van der Waals surface area contributed by atoms with Gasteiger partial charge in [-0.3, -0.25) is 4.79 Å². The van der Waals surface area contributed by atoms with Gasteiger partial charge in [0.2, 0.25) is 0 Å². The number of carbonyl (C=O) groups is 1. The normalized spacial score (nSPS) is 24.9. The SMILES string of the molecule is CSCCC1COC(=O)C1. The fourth-order valence-electron chi connectivity index (χ4n) is 1.03. The summed E-state index contributed by atoms with van der Waals surface area (Å²) in [4.78, 5) is 10.6. The number of cyclic esters (lactones) is 1. The van der Waals surface area contributed by atoms with Crippen LogP contribution in [0.3, 0.4) is 0 Å². The van der Waals surface area contributed by atoms with Gasteiger partial charge in [0, 0.05) is 5.92 Å². The average molecular weight is 160 g/mol. The van der Waals surface area contributed by atoms with Crippen molar-refractivity contribution in [2.75, 3.05) is 18.6 Å². The summed E-state index contributed by atoms with van der Waals surface area (Å²) in [6, 6.07) is 0. The van der Waals surface area contributed by atoms with Crippen LogP contribution in [0, 0.1) is 5.92 Å². The summed E-state index contributed by atoms with van der Waals surface area (Å²) in [6.45, 7) is 0.652. The summed E-state index contributed by atoms with van der Waals surface area (Å²) >= 11 is 1.82. The molecular formula is C7H12O2S. The molecule has 0 aromatic carbocycles. The first-order chi connectivity index (χ1) is 4.83. The maximum atomic E-state index is 10.6. The molecule has 0 spiro atoms. The van der Waals surface area contributed by atoms with Crippen molar-refractivity contribution in [2.45, 2.75) is 12.8 Å². The van der Waals surface area contributed by atoms with Crippen LogP contribution in [0.1, 0.15) is 12.8 Å². The molecule has 0 aromatic heterocycles. The second-order valence-electron chi connectivity index (χ2n) is 2.53. The third-order valence-corrected chi connectivity index (χ3v) is 2.31. The van der Waals surface area contributed by atoms with Gasteiger partial charge in [0.05, 0.1) is 13.0 Å². The molecule has 58 valence electrons. The minimum absolute atomic E-state index is 0.0221. The van der Waals surface area contributed by atoms with Crippen LogP contribution in [-0.4, -0.2) is 24.6 Å². The molecule has 1 heterocycles. The molecule has 3 heteroatoms. The highest BCUT2D eigenvalue weighted by Gasteiger charge is 2.22. The van der Waals surface area contributed by atoms with Crippen LogP contribution in [0.5, 0.6) is 0 Å². The smallest absolute Gasteiger partial charge is 0.306 e. The Bertz CT molecular complexity index is 125. The van der Waals surface area contributed by atoms with Crippen LogP contribution in [-0.2, 0) is 9.53 Å². The zero-order chi connectivity index (χ0) is 7.40. The van der Waals surface area contributed by atoms with Crippen molar-refractivity contribution >= 4 is 17.7 Å². The molecule has 1 atom stereocenters. The van der Waals surface area contributed by atoms with E-state index in [1.54, 1.807) is 0 Å². The second kappa shape index (κ2) is 3.86. The van der Waals surface area contributed by atoms with E-state index in [9.17, 15) is 4.79 Å². The van der Waals surface area contributed by atoms with Crippen molar-refractivity contribution in [3.8, 4) is 0 Å². The van der Waals surface area contributed by atoms with E-state index in [0.717, 1.165) is 12.2 Å². The summed E-state index contributed by atoms with van der Waals surface area (Å²) in [5.74, 6) is 1.62. The Kier molecular flexibility index (Phi) is 3.06. The van der Waals surface area contributed by atoms with Crippen molar-refractivity contribution in [3.63, 3.8) is 0 Å². The maximum absolute atomic E-state index is 10.6. The van der Waals surface area contributed by atoms with Crippen molar-refractivity contribution < 1.29 is 9.53 Å². The molecule has 1 aliphatic rings. The molecule has 2 nitrogen and oxygen atoms in total. The molecule has 0 bridgehead atoms. The Hall–Kier alpha value is -0.180. The molecule has 1 saturated heterocycles. The van der Waals surface area contributed by atoms with Crippen LogP contribution in [0.4, 0.5) is 0 Å². The third kappa shape index (κ3) is 2.21. The molecule has 10 heavy (non-hydrogen) atoms. The van der Waals surface area contributed by atoms with Crippen LogP contribution in [0.2, 0.25) is 0 Å². The molecule has 0 aromatic rings. The number of thioether (sulfide) groups is 1. The minimum atomic E-state index is -0.0221. The Morgan fingerprint density at radius 3 is 3.10 bits per heavy atom. The van der Waals surface area contributed by atoms with Gasteiger partial charge in [0.15, 0.2) is 0 Å². The van der Waals surface area contributed by atoms with Crippen LogP contribution in [0.25, 0.3) is 0 Å². The number of ether oxygens (including phenoxy) is 1. The molecule has 0 radical (unpaired) electrons. The molecule has 1 aliphatic heterocycles. The predicted molar refractivity (Wildman–Crippen MR) is 42.1 cm³/mol. The fraction of sp³-hybridized carbons (Fsp3) is 0.857. The van der Waals surface area contributed by atoms with Crippen molar-refractivity contribution in [3.05, 3.63) is 0 Å². The summed E-state index contributed by atoms with van der Waals surface area (Å²) in [6.07, 6.45) is 3.84. The van der Waals surface area contributed by atoms with E-state index < -0.39 is 0 Å². The van der Waals surface area contributed by atoms with Crippen LogP contribution in [0.15, 0.2) is 0 Å². The Morgan fingerprint density at radius 1 is 1.80 bits per heavy atom. The largest absolute Gasteiger partial charge is 0.465 e. The van der Waals surface area contributed by atoms with E-state index in [4.69, 9.17) is 4.74 Å². The lowest BCUT2D eigenvalue weighted by Crippen LogP contribution is -1.99. The quantitative estimate of drug-likeness (QED) is 0.582. The lowest BCUT2D eigenvalue weighted by Gasteiger charge is -2.01. The van der Waals surface area contributed by atoms with Gasteiger partial charge >= 0.3 is 5.97 Å². The molecule has 1 unspecified atom stereocenters. The number of esters is 1. The zero-order valence-corrected chi connectivity index (χ0v) is 6.95. The topological polar surface area (TPSA) is 26.3 Å². The summed E-state index contributed by atoms with van der Waals surface area (Å²) in [5, 5.41) is 0. The number of hydrogen-bond donors (Lipinski definition) is 0. The average Bonchev–Trinajstić information content (AvgIpc) is 2.31. The highest BCUT2D eigenvalue weighted by atomic mass is 32.2. The van der Waals surface area contributed by atoms with E-state index in [0.29, 0.717) is 18.9 Å². The Labute approximate surface area is 65.3 Å². The second-order valence-corrected chi connectivity index (χ2v) is 3.52. The molecular weight excluding hydrogens is 148 g/mol. The maximum Gasteiger partial charge on any atom is 0.306 e. The lowest BCUT2D eigenvalue weighted by atomic mass is 10.1. The van der Waals surface area contributed by atoms with Gasteiger partial charge < -0.3 is 4.74 Å². The van der Waals surface area contributed by atoms with Gasteiger partial charge in [0.25, 0.3) is 0 Å². The van der Waals surface area contributed by atoms with Crippen molar-refractivity contribution in [2.24, 2.45) is 5.92 Å². The molecule has 0 aliphatic carbocycles. The standard InChI is InChI=1S/C7H12O2S/c1-10-3-2-6-4-7(8)9-5-6/h6H,2-5H2,1H3. The van der Waals surface area contributed by atoms with Gasteiger partial charge in [-0.1, -0.05) is 0 Å². The number of hydrogen-bond acceptors (Lipinski definition) is 3. The van der Waals surface area contributed by atoms with E-state index in [2.05, 4.69) is 6.26 Å².